The molecular formula is C18H19N5O2. The lowest BCUT2D eigenvalue weighted by Gasteiger charge is -2.29. The van der Waals surface area contributed by atoms with Gasteiger partial charge in [-0.25, -0.2) is 4.98 Å². The third-order valence-corrected chi connectivity index (χ3v) is 4.29. The van der Waals surface area contributed by atoms with Crippen molar-refractivity contribution in [3.63, 3.8) is 0 Å². The van der Waals surface area contributed by atoms with Gasteiger partial charge in [0.05, 0.1) is 5.56 Å². The van der Waals surface area contributed by atoms with Crippen molar-refractivity contribution < 1.29 is 4.79 Å². The molecule has 1 saturated heterocycles. The predicted molar refractivity (Wildman–Crippen MR) is 95.2 cm³/mol. The zero-order chi connectivity index (χ0) is 17.8. The summed E-state index contributed by atoms with van der Waals surface area (Å²) in [4.78, 5) is 31.5. The van der Waals surface area contributed by atoms with Crippen LogP contribution >= 0.6 is 0 Å². The van der Waals surface area contributed by atoms with E-state index >= 15 is 0 Å². The first-order valence-corrected chi connectivity index (χ1v) is 8.26. The lowest BCUT2D eigenvalue weighted by Crippen LogP contribution is -2.33. The Bertz CT molecular complexity index is 933. The van der Waals surface area contributed by atoms with Gasteiger partial charge in [-0.05, 0) is 37.5 Å². The minimum Gasteiger partial charge on any atom is -0.356 e. The topological polar surface area (TPSA) is 90.5 Å². The number of anilines is 1. The summed E-state index contributed by atoms with van der Waals surface area (Å²) in [7, 11) is 1.45. The fourth-order valence-corrected chi connectivity index (χ4v) is 2.99. The Kier molecular flexibility index (Phi) is 4.80. The molecule has 3 heterocycles. The molecule has 0 bridgehead atoms. The van der Waals surface area contributed by atoms with Crippen LogP contribution in [0, 0.1) is 11.3 Å². The van der Waals surface area contributed by atoms with Crippen LogP contribution in [0.25, 0.3) is 11.7 Å². The molecule has 0 spiro atoms. The van der Waals surface area contributed by atoms with Crippen molar-refractivity contribution in [3.05, 3.63) is 45.9 Å². The first-order valence-electron chi connectivity index (χ1n) is 8.26. The Labute approximate surface area is 145 Å². The summed E-state index contributed by atoms with van der Waals surface area (Å²) in [5, 5.41) is 11.7. The van der Waals surface area contributed by atoms with Gasteiger partial charge < -0.3 is 10.2 Å². The van der Waals surface area contributed by atoms with Gasteiger partial charge in [0.2, 0.25) is 0 Å². The summed E-state index contributed by atoms with van der Waals surface area (Å²) in [6.45, 7) is 1.61. The fraction of sp³-hybridized carbons (Fsp3) is 0.333. The van der Waals surface area contributed by atoms with E-state index in [1.807, 2.05) is 12.1 Å². The summed E-state index contributed by atoms with van der Waals surface area (Å²) in [5.74, 6) is 0.0113. The monoisotopic (exact) mass is 337 g/mol. The zero-order valence-electron chi connectivity index (χ0n) is 14.0. The van der Waals surface area contributed by atoms with Gasteiger partial charge in [0.1, 0.15) is 23.1 Å². The van der Waals surface area contributed by atoms with E-state index in [1.54, 1.807) is 18.3 Å². The number of pyridine rings is 1. The molecule has 0 radical (unpaired) electrons. The molecule has 7 nitrogen and oxygen atoms in total. The third kappa shape index (κ3) is 3.24. The summed E-state index contributed by atoms with van der Waals surface area (Å²) in [6, 6.07) is 7.20. The molecule has 0 atom stereocenters. The highest BCUT2D eigenvalue weighted by Gasteiger charge is 2.20. The van der Waals surface area contributed by atoms with E-state index in [1.165, 1.54) is 17.5 Å². The summed E-state index contributed by atoms with van der Waals surface area (Å²) in [5.41, 5.74) is 0.410. The van der Waals surface area contributed by atoms with E-state index in [4.69, 9.17) is 0 Å². The number of hydrogen-bond donors (Lipinski definition) is 1. The Morgan fingerprint density at radius 3 is 2.76 bits per heavy atom. The molecule has 1 N–H and O–H groups in total. The molecule has 1 aliphatic heterocycles. The third-order valence-electron chi connectivity index (χ3n) is 4.29. The molecule has 0 saturated carbocycles. The molecule has 1 fully saturated rings. The van der Waals surface area contributed by atoms with Crippen LogP contribution in [0.3, 0.4) is 0 Å². The fourth-order valence-electron chi connectivity index (χ4n) is 2.99. The highest BCUT2D eigenvalue weighted by atomic mass is 16.1. The lowest BCUT2D eigenvalue weighted by atomic mass is 10.1. The van der Waals surface area contributed by atoms with Crippen molar-refractivity contribution >= 4 is 23.4 Å². The number of aromatic nitrogens is 2. The van der Waals surface area contributed by atoms with Crippen molar-refractivity contribution in [2.75, 3.05) is 25.0 Å². The van der Waals surface area contributed by atoms with E-state index in [2.05, 4.69) is 15.2 Å². The molecule has 0 aromatic carbocycles. The summed E-state index contributed by atoms with van der Waals surface area (Å²) < 4.78 is 1.43. The second kappa shape index (κ2) is 7.18. The first-order chi connectivity index (χ1) is 12.2. The van der Waals surface area contributed by atoms with Crippen LogP contribution in [0.15, 0.2) is 34.8 Å². The SMILES string of the molecule is CNC(=O)C(C#N)=Cc1c(N2CCCCC2)nc2ccccn2c1=O. The number of hydrogen-bond acceptors (Lipinski definition) is 5. The summed E-state index contributed by atoms with van der Waals surface area (Å²) in [6.07, 6.45) is 6.18. The molecule has 0 aliphatic carbocycles. The van der Waals surface area contributed by atoms with Crippen LogP contribution in [-0.4, -0.2) is 35.4 Å². The van der Waals surface area contributed by atoms with Gasteiger partial charge in [0, 0.05) is 26.3 Å². The average Bonchev–Trinajstić information content (AvgIpc) is 2.67. The van der Waals surface area contributed by atoms with Gasteiger partial charge in [0.15, 0.2) is 0 Å². The van der Waals surface area contributed by atoms with Gasteiger partial charge in [-0.15, -0.1) is 0 Å². The molecule has 2 aromatic rings. The highest BCUT2D eigenvalue weighted by Crippen LogP contribution is 2.22. The number of rotatable bonds is 3. The van der Waals surface area contributed by atoms with Crippen molar-refractivity contribution in [1.29, 1.82) is 5.26 Å². The van der Waals surface area contributed by atoms with Crippen LogP contribution in [0.1, 0.15) is 24.8 Å². The lowest BCUT2D eigenvalue weighted by molar-refractivity contribution is -0.116. The molecule has 0 unspecified atom stereocenters. The van der Waals surface area contributed by atoms with E-state index in [0.717, 1.165) is 32.4 Å². The number of carbonyl (C=O) groups is 1. The van der Waals surface area contributed by atoms with Crippen molar-refractivity contribution in [3.8, 4) is 6.07 Å². The molecule has 3 rings (SSSR count). The molecule has 1 aliphatic rings. The second-order valence-corrected chi connectivity index (χ2v) is 5.88. The van der Waals surface area contributed by atoms with Gasteiger partial charge in [0.25, 0.3) is 11.5 Å². The normalized spacial score (nSPS) is 15.0. The van der Waals surface area contributed by atoms with Crippen LogP contribution in [0.2, 0.25) is 0 Å². The van der Waals surface area contributed by atoms with Gasteiger partial charge >= 0.3 is 0 Å². The number of carbonyl (C=O) groups excluding carboxylic acids is 1. The maximum Gasteiger partial charge on any atom is 0.267 e. The number of nitrogens with one attached hydrogen (secondary N) is 1. The number of fused-ring (bicyclic) bond motifs is 1. The Morgan fingerprint density at radius 1 is 1.32 bits per heavy atom. The van der Waals surface area contributed by atoms with Crippen LogP contribution in [0.4, 0.5) is 5.82 Å². The van der Waals surface area contributed by atoms with Crippen molar-refractivity contribution in [2.24, 2.45) is 0 Å². The quantitative estimate of drug-likeness (QED) is 0.674. The standard InChI is InChI=1S/C18H19N5O2/c1-20-17(24)13(12-19)11-14-16(22-8-4-2-5-9-22)21-15-7-3-6-10-23(15)18(14)25/h3,6-7,10-11H,2,4-5,8-9H2,1H3,(H,20,24). The number of piperidine rings is 1. The number of amides is 1. The van der Waals surface area contributed by atoms with E-state index < -0.39 is 5.91 Å². The smallest absolute Gasteiger partial charge is 0.267 e. The zero-order valence-corrected chi connectivity index (χ0v) is 14.0. The maximum atomic E-state index is 13.0. The van der Waals surface area contributed by atoms with Crippen molar-refractivity contribution in [1.82, 2.24) is 14.7 Å². The second-order valence-electron chi connectivity index (χ2n) is 5.88. The average molecular weight is 337 g/mol. The van der Waals surface area contributed by atoms with E-state index in [0.29, 0.717) is 11.5 Å². The molecule has 7 heteroatoms. The Hall–Kier alpha value is -3.14. The largest absolute Gasteiger partial charge is 0.356 e. The first kappa shape index (κ1) is 16.7. The number of nitriles is 1. The predicted octanol–water partition coefficient (Wildman–Crippen LogP) is 1.34. The van der Waals surface area contributed by atoms with Gasteiger partial charge in [-0.3, -0.25) is 14.0 Å². The Balaban J connectivity index is 2.25. The van der Waals surface area contributed by atoms with E-state index in [-0.39, 0.29) is 16.7 Å². The molecule has 128 valence electrons. The minimum atomic E-state index is -0.523. The molecular weight excluding hydrogens is 318 g/mol. The molecule has 2 aromatic heterocycles. The number of likely N-dealkylation sites (N-methyl/N-ethyl adjacent to an activating group) is 1. The van der Waals surface area contributed by atoms with Crippen LogP contribution in [0.5, 0.6) is 0 Å². The summed E-state index contributed by atoms with van der Waals surface area (Å²) >= 11 is 0. The Morgan fingerprint density at radius 2 is 2.08 bits per heavy atom. The van der Waals surface area contributed by atoms with Crippen LogP contribution in [-0.2, 0) is 4.79 Å². The molecule has 25 heavy (non-hydrogen) atoms. The van der Waals surface area contributed by atoms with Gasteiger partial charge in [-0.2, -0.15) is 5.26 Å². The minimum absolute atomic E-state index is 0.115. The van der Waals surface area contributed by atoms with E-state index in [9.17, 15) is 14.9 Å². The van der Waals surface area contributed by atoms with Crippen molar-refractivity contribution in [2.45, 2.75) is 19.3 Å². The highest BCUT2D eigenvalue weighted by molar-refractivity contribution is 6.02. The molecule has 1 amide bonds. The van der Waals surface area contributed by atoms with Gasteiger partial charge in [-0.1, -0.05) is 6.07 Å². The number of nitrogens with zero attached hydrogens (tertiary/aromatic N) is 4. The maximum absolute atomic E-state index is 13.0. The van der Waals surface area contributed by atoms with Crippen LogP contribution < -0.4 is 15.8 Å².